The Labute approximate surface area is 179 Å². The molecule has 1 unspecified atom stereocenters. The van der Waals surface area contributed by atoms with Crippen LogP contribution in [0.15, 0.2) is 36.7 Å². The number of carbonyl (C=O) groups is 2. The van der Waals surface area contributed by atoms with Crippen molar-refractivity contribution in [3.8, 4) is 11.8 Å². The average Bonchev–Trinajstić information content (AvgIpc) is 3.36. The Kier molecular flexibility index (Phi) is 5.89. The molecule has 1 aromatic heterocycles. The van der Waals surface area contributed by atoms with Gasteiger partial charge >= 0.3 is 6.03 Å². The van der Waals surface area contributed by atoms with Crippen LogP contribution < -0.4 is 14.4 Å². The van der Waals surface area contributed by atoms with E-state index in [2.05, 4.69) is 9.97 Å². The van der Waals surface area contributed by atoms with Crippen LogP contribution in [0.5, 0.6) is 11.8 Å². The SMILES string of the molecule is COc1cncc(OC2CCN(C(=O)CN3CCN(c4ccc(Cl)cc4)C3=O)C2)n1. The van der Waals surface area contributed by atoms with E-state index in [0.717, 1.165) is 5.69 Å². The molecule has 10 heteroatoms. The van der Waals surface area contributed by atoms with Crippen LogP contribution in [0, 0.1) is 0 Å². The fourth-order valence-electron chi connectivity index (χ4n) is 3.56. The predicted molar refractivity (Wildman–Crippen MR) is 110 cm³/mol. The van der Waals surface area contributed by atoms with Gasteiger partial charge in [0, 0.05) is 36.8 Å². The zero-order valence-corrected chi connectivity index (χ0v) is 17.3. The molecule has 9 nitrogen and oxygen atoms in total. The molecule has 2 fully saturated rings. The summed E-state index contributed by atoms with van der Waals surface area (Å²) in [6, 6.07) is 6.92. The number of halogens is 1. The summed E-state index contributed by atoms with van der Waals surface area (Å²) < 4.78 is 10.9. The third kappa shape index (κ3) is 4.40. The lowest BCUT2D eigenvalue weighted by molar-refractivity contribution is -0.130. The first-order valence-corrected chi connectivity index (χ1v) is 10.0. The van der Waals surface area contributed by atoms with Gasteiger partial charge in [-0.05, 0) is 24.3 Å². The molecule has 3 amide bonds. The van der Waals surface area contributed by atoms with Crippen molar-refractivity contribution in [2.75, 3.05) is 44.7 Å². The van der Waals surface area contributed by atoms with Gasteiger partial charge < -0.3 is 19.3 Å². The molecule has 3 heterocycles. The van der Waals surface area contributed by atoms with Crippen LogP contribution in [0.1, 0.15) is 6.42 Å². The number of aromatic nitrogens is 2. The lowest BCUT2D eigenvalue weighted by Crippen LogP contribution is -2.42. The highest BCUT2D eigenvalue weighted by atomic mass is 35.5. The van der Waals surface area contributed by atoms with Crippen molar-refractivity contribution in [3.05, 3.63) is 41.7 Å². The molecule has 0 spiro atoms. The second kappa shape index (κ2) is 8.74. The molecule has 1 atom stereocenters. The van der Waals surface area contributed by atoms with Crippen LogP contribution in [0.4, 0.5) is 10.5 Å². The molecule has 0 bridgehead atoms. The van der Waals surface area contributed by atoms with Crippen LogP contribution in [-0.4, -0.2) is 77.6 Å². The highest BCUT2D eigenvalue weighted by molar-refractivity contribution is 6.30. The Balaban J connectivity index is 1.30. The van der Waals surface area contributed by atoms with Crippen LogP contribution >= 0.6 is 11.6 Å². The summed E-state index contributed by atoms with van der Waals surface area (Å²) in [6.45, 7) is 2.10. The van der Waals surface area contributed by atoms with E-state index in [4.69, 9.17) is 21.1 Å². The summed E-state index contributed by atoms with van der Waals surface area (Å²) in [6.07, 6.45) is 3.53. The topological polar surface area (TPSA) is 88.1 Å². The first kappa shape index (κ1) is 20.2. The van der Waals surface area contributed by atoms with Crippen molar-refractivity contribution in [2.45, 2.75) is 12.5 Å². The number of anilines is 1. The van der Waals surface area contributed by atoms with Crippen molar-refractivity contribution in [3.63, 3.8) is 0 Å². The maximum Gasteiger partial charge on any atom is 0.325 e. The Morgan fingerprint density at radius 2 is 1.93 bits per heavy atom. The van der Waals surface area contributed by atoms with Crippen LogP contribution in [0.3, 0.4) is 0 Å². The van der Waals surface area contributed by atoms with Gasteiger partial charge in [0.2, 0.25) is 17.7 Å². The number of hydrogen-bond acceptors (Lipinski definition) is 6. The van der Waals surface area contributed by atoms with E-state index in [0.29, 0.717) is 49.4 Å². The third-order valence-electron chi connectivity index (χ3n) is 5.14. The molecular formula is C20H22ClN5O4. The fourth-order valence-corrected chi connectivity index (χ4v) is 3.69. The summed E-state index contributed by atoms with van der Waals surface area (Å²) in [5.74, 6) is 0.641. The van der Waals surface area contributed by atoms with Gasteiger partial charge in [-0.3, -0.25) is 14.7 Å². The number of likely N-dealkylation sites (tertiary alicyclic amines) is 1. The molecule has 30 heavy (non-hydrogen) atoms. The number of benzene rings is 1. The minimum absolute atomic E-state index is 0.0502. The first-order valence-electron chi connectivity index (χ1n) is 9.66. The van der Waals surface area contributed by atoms with Gasteiger partial charge in [0.15, 0.2) is 0 Å². The number of hydrogen-bond donors (Lipinski definition) is 0. The Morgan fingerprint density at radius 1 is 1.17 bits per heavy atom. The molecular weight excluding hydrogens is 410 g/mol. The van der Waals surface area contributed by atoms with Gasteiger partial charge in [-0.2, -0.15) is 4.98 Å². The highest BCUT2D eigenvalue weighted by Crippen LogP contribution is 2.23. The van der Waals surface area contributed by atoms with E-state index in [1.807, 2.05) is 0 Å². The van der Waals surface area contributed by atoms with Crippen LogP contribution in [0.2, 0.25) is 5.02 Å². The zero-order valence-electron chi connectivity index (χ0n) is 16.5. The maximum absolute atomic E-state index is 12.7. The number of ether oxygens (including phenoxy) is 2. The van der Waals surface area contributed by atoms with Gasteiger partial charge in [0.1, 0.15) is 12.6 Å². The van der Waals surface area contributed by atoms with Gasteiger partial charge in [-0.25, -0.2) is 4.79 Å². The number of urea groups is 1. The molecule has 0 N–H and O–H groups in total. The van der Waals surface area contributed by atoms with Crippen molar-refractivity contribution >= 4 is 29.2 Å². The monoisotopic (exact) mass is 431 g/mol. The maximum atomic E-state index is 12.7. The molecule has 4 rings (SSSR count). The summed E-state index contributed by atoms with van der Waals surface area (Å²) in [5, 5.41) is 0.614. The fraction of sp³-hybridized carbons (Fsp3) is 0.400. The minimum Gasteiger partial charge on any atom is -0.480 e. The smallest absolute Gasteiger partial charge is 0.325 e. The highest BCUT2D eigenvalue weighted by Gasteiger charge is 2.34. The van der Waals surface area contributed by atoms with Crippen LogP contribution in [-0.2, 0) is 4.79 Å². The largest absolute Gasteiger partial charge is 0.480 e. The molecule has 2 aliphatic heterocycles. The average molecular weight is 432 g/mol. The van der Waals surface area contributed by atoms with E-state index in [-0.39, 0.29) is 24.6 Å². The molecule has 0 saturated carbocycles. The molecule has 0 aliphatic carbocycles. The van der Waals surface area contributed by atoms with Gasteiger partial charge in [-0.15, -0.1) is 0 Å². The van der Waals surface area contributed by atoms with Gasteiger partial charge in [0.05, 0.1) is 26.0 Å². The second-order valence-corrected chi connectivity index (χ2v) is 7.54. The Bertz CT molecular complexity index is 926. The number of nitrogens with zero attached hydrogens (tertiary/aromatic N) is 5. The Hall–Kier alpha value is -3.07. The number of amides is 3. The number of carbonyl (C=O) groups excluding carboxylic acids is 2. The van der Waals surface area contributed by atoms with E-state index >= 15 is 0 Å². The first-order chi connectivity index (χ1) is 14.5. The molecule has 158 valence electrons. The van der Waals surface area contributed by atoms with E-state index in [1.165, 1.54) is 19.5 Å². The second-order valence-electron chi connectivity index (χ2n) is 7.10. The molecule has 0 radical (unpaired) electrons. The van der Waals surface area contributed by atoms with Gasteiger partial charge in [0.25, 0.3) is 0 Å². The third-order valence-corrected chi connectivity index (χ3v) is 5.40. The Morgan fingerprint density at radius 3 is 2.70 bits per heavy atom. The van der Waals surface area contributed by atoms with Crippen molar-refractivity contribution in [1.82, 2.24) is 19.8 Å². The minimum atomic E-state index is -0.177. The van der Waals surface area contributed by atoms with E-state index in [1.54, 1.807) is 39.0 Å². The van der Waals surface area contributed by atoms with Crippen molar-refractivity contribution < 1.29 is 19.1 Å². The normalized spacial score (nSPS) is 18.8. The van der Waals surface area contributed by atoms with E-state index < -0.39 is 0 Å². The standard InChI is InChI=1S/C20H22ClN5O4/c1-29-17-10-22-11-18(23-17)30-16-6-7-24(12-16)19(27)13-25-8-9-26(20(25)28)15-4-2-14(21)3-5-15/h2-5,10-11,16H,6-9,12-13H2,1H3. The predicted octanol–water partition coefficient (Wildman–Crippen LogP) is 2.06. The summed E-state index contributed by atoms with van der Waals surface area (Å²) in [5.41, 5.74) is 0.772. The lowest BCUT2D eigenvalue weighted by atomic mass is 10.3. The molecule has 2 aliphatic rings. The number of methoxy groups -OCH3 is 1. The molecule has 1 aromatic carbocycles. The molecule has 2 aromatic rings. The lowest BCUT2D eigenvalue weighted by Gasteiger charge is -2.22. The van der Waals surface area contributed by atoms with Crippen molar-refractivity contribution in [1.29, 1.82) is 0 Å². The quantitative estimate of drug-likeness (QED) is 0.695. The summed E-state index contributed by atoms with van der Waals surface area (Å²) in [7, 11) is 1.51. The van der Waals surface area contributed by atoms with E-state index in [9.17, 15) is 9.59 Å². The number of rotatable bonds is 6. The van der Waals surface area contributed by atoms with Crippen molar-refractivity contribution in [2.24, 2.45) is 0 Å². The summed E-state index contributed by atoms with van der Waals surface area (Å²) >= 11 is 5.92. The van der Waals surface area contributed by atoms with Crippen LogP contribution in [0.25, 0.3) is 0 Å². The zero-order chi connectivity index (χ0) is 21.1. The molecule has 2 saturated heterocycles. The summed E-state index contributed by atoms with van der Waals surface area (Å²) in [4.78, 5) is 38.6. The van der Waals surface area contributed by atoms with Gasteiger partial charge in [-0.1, -0.05) is 11.6 Å².